The monoisotopic (exact) mass is 589 g/mol. The largest absolute Gasteiger partial charge is 0.333 e. The lowest BCUT2D eigenvalue weighted by Crippen LogP contribution is -2.23. The van der Waals surface area contributed by atoms with Gasteiger partial charge in [-0.25, -0.2) is 0 Å². The van der Waals surface area contributed by atoms with Crippen molar-refractivity contribution in [3.05, 3.63) is 158 Å². The number of allylic oxidation sites excluding steroid dienone is 4. The van der Waals surface area contributed by atoms with Gasteiger partial charge in [-0.1, -0.05) is 116 Å². The van der Waals surface area contributed by atoms with Crippen molar-refractivity contribution in [2.75, 3.05) is 0 Å². The maximum Gasteiger partial charge on any atom is 0.0626 e. The molecule has 6 aromatic carbocycles. The van der Waals surface area contributed by atoms with E-state index in [0.717, 1.165) is 0 Å². The minimum Gasteiger partial charge on any atom is -0.333 e. The zero-order valence-electron chi connectivity index (χ0n) is 25.5. The van der Waals surface area contributed by atoms with E-state index in [1.807, 2.05) is 0 Å². The van der Waals surface area contributed by atoms with Gasteiger partial charge in [-0.3, -0.25) is 0 Å². The third-order valence-corrected chi connectivity index (χ3v) is 10.2. The predicted molar refractivity (Wildman–Crippen MR) is 195 cm³/mol. The molecule has 3 heterocycles. The summed E-state index contributed by atoms with van der Waals surface area (Å²) in [5, 5.41) is 7.71. The van der Waals surface area contributed by atoms with E-state index < -0.39 is 0 Å². The number of rotatable bonds is 3. The van der Waals surface area contributed by atoms with Crippen LogP contribution in [0, 0.1) is 5.92 Å². The molecule has 1 aliphatic carbocycles. The van der Waals surface area contributed by atoms with Gasteiger partial charge in [0.05, 0.1) is 28.1 Å². The van der Waals surface area contributed by atoms with E-state index in [1.54, 1.807) is 0 Å². The average molecular weight is 590 g/mol. The zero-order chi connectivity index (χ0) is 30.4. The lowest BCUT2D eigenvalue weighted by atomic mass is 9.90. The number of para-hydroxylation sites is 6. The van der Waals surface area contributed by atoms with Crippen LogP contribution in [-0.4, -0.2) is 13.7 Å². The SMILES string of the molecule is CC1C(n2c3ccccc3c3ccccc32)=CC(n2c3ccccc3c3ccccc32)=CC1n1c2ccccc2c2ccccc21. The third kappa shape index (κ3) is 3.43. The highest BCUT2D eigenvalue weighted by atomic mass is 15.1. The summed E-state index contributed by atoms with van der Waals surface area (Å²) < 4.78 is 7.59. The van der Waals surface area contributed by atoms with E-state index in [1.165, 1.54) is 76.8 Å². The molecule has 0 N–H and O–H groups in total. The maximum atomic E-state index is 2.59. The molecule has 1 aliphatic rings. The molecule has 0 spiro atoms. The van der Waals surface area contributed by atoms with Crippen LogP contribution in [0.2, 0.25) is 0 Å². The summed E-state index contributed by atoms with van der Waals surface area (Å²) in [6.07, 6.45) is 4.96. The van der Waals surface area contributed by atoms with Crippen molar-refractivity contribution >= 4 is 76.8 Å². The van der Waals surface area contributed by atoms with Crippen molar-refractivity contribution in [3.63, 3.8) is 0 Å². The molecular weight excluding hydrogens is 558 g/mol. The molecule has 2 atom stereocenters. The average Bonchev–Trinajstić information content (AvgIpc) is 3.75. The number of fused-ring (bicyclic) bond motifs is 9. The summed E-state index contributed by atoms with van der Waals surface area (Å²) in [4.78, 5) is 0. The lowest BCUT2D eigenvalue weighted by molar-refractivity contribution is 0.511. The van der Waals surface area contributed by atoms with Crippen LogP contribution in [0.3, 0.4) is 0 Å². The molecule has 46 heavy (non-hydrogen) atoms. The molecule has 0 saturated heterocycles. The fraction of sp³-hybridized carbons (Fsp3) is 0.0698. The lowest BCUT2D eigenvalue weighted by Gasteiger charge is -2.33. The van der Waals surface area contributed by atoms with Gasteiger partial charge in [-0.05, 0) is 48.6 Å². The number of hydrogen-bond acceptors (Lipinski definition) is 0. The summed E-state index contributed by atoms with van der Waals surface area (Å²) in [7, 11) is 0. The van der Waals surface area contributed by atoms with Gasteiger partial charge in [-0.15, -0.1) is 0 Å². The van der Waals surface area contributed by atoms with Gasteiger partial charge in [-0.2, -0.15) is 0 Å². The van der Waals surface area contributed by atoms with Crippen molar-refractivity contribution in [2.45, 2.75) is 13.0 Å². The first-order valence-corrected chi connectivity index (χ1v) is 16.2. The minimum absolute atomic E-state index is 0.0691. The molecule has 10 rings (SSSR count). The van der Waals surface area contributed by atoms with Crippen LogP contribution in [0.4, 0.5) is 0 Å². The van der Waals surface area contributed by atoms with Crippen LogP contribution in [0.25, 0.3) is 76.8 Å². The molecule has 0 radical (unpaired) electrons. The Kier molecular flexibility index (Phi) is 5.32. The molecule has 218 valence electrons. The summed E-state index contributed by atoms with van der Waals surface area (Å²) in [5.41, 5.74) is 9.95. The molecule has 0 saturated carbocycles. The van der Waals surface area contributed by atoms with Crippen LogP contribution in [-0.2, 0) is 0 Å². The first kappa shape index (κ1) is 25.5. The van der Waals surface area contributed by atoms with E-state index in [0.29, 0.717) is 0 Å². The van der Waals surface area contributed by atoms with Gasteiger partial charge < -0.3 is 13.7 Å². The molecule has 2 unspecified atom stereocenters. The highest BCUT2D eigenvalue weighted by Crippen LogP contribution is 2.46. The van der Waals surface area contributed by atoms with Gasteiger partial charge in [0, 0.05) is 60.7 Å². The molecule has 3 heteroatoms. The Bertz CT molecular complexity index is 2570. The fourth-order valence-electron chi connectivity index (χ4n) is 8.21. The Morgan fingerprint density at radius 1 is 0.391 bits per heavy atom. The number of benzene rings is 6. The van der Waals surface area contributed by atoms with Crippen molar-refractivity contribution in [1.29, 1.82) is 0 Å². The Morgan fingerprint density at radius 3 is 1.13 bits per heavy atom. The van der Waals surface area contributed by atoms with Gasteiger partial charge in [0.1, 0.15) is 0 Å². The Balaban J connectivity index is 1.34. The van der Waals surface area contributed by atoms with Crippen LogP contribution in [0.15, 0.2) is 158 Å². The molecule has 9 aromatic rings. The standard InChI is InChI=1S/C43H31N3/c1-28-42(45-38-22-10-4-16-32(38)33-17-5-11-23-39(33)45)26-29(44-36-20-8-2-14-30(36)31-15-3-9-21-37(31)44)27-43(28)46-40-24-12-6-18-34(40)35-19-7-13-25-41(35)46/h2-28,42H,1H3. The second-order valence-corrected chi connectivity index (χ2v) is 12.6. The number of nitrogens with zero attached hydrogens (tertiary/aromatic N) is 3. The van der Waals surface area contributed by atoms with Crippen molar-refractivity contribution in [3.8, 4) is 0 Å². The van der Waals surface area contributed by atoms with Crippen molar-refractivity contribution in [1.82, 2.24) is 13.7 Å². The van der Waals surface area contributed by atoms with E-state index in [-0.39, 0.29) is 12.0 Å². The number of hydrogen-bond donors (Lipinski definition) is 0. The highest BCUT2D eigenvalue weighted by Gasteiger charge is 2.31. The quantitative estimate of drug-likeness (QED) is 0.195. The molecule has 0 bridgehead atoms. The molecular formula is C43H31N3. The third-order valence-electron chi connectivity index (χ3n) is 10.2. The molecule has 0 amide bonds. The highest BCUT2D eigenvalue weighted by molar-refractivity contribution is 6.13. The Labute approximate surface area is 266 Å². The first-order valence-electron chi connectivity index (χ1n) is 16.2. The first-order chi connectivity index (χ1) is 22.8. The molecule has 3 nitrogen and oxygen atoms in total. The Morgan fingerprint density at radius 2 is 0.717 bits per heavy atom. The molecule has 3 aromatic heterocycles. The van der Waals surface area contributed by atoms with Crippen LogP contribution in [0.5, 0.6) is 0 Å². The normalized spacial score (nSPS) is 17.1. The van der Waals surface area contributed by atoms with Gasteiger partial charge >= 0.3 is 0 Å². The van der Waals surface area contributed by atoms with Crippen LogP contribution < -0.4 is 0 Å². The van der Waals surface area contributed by atoms with Crippen molar-refractivity contribution in [2.24, 2.45) is 5.92 Å². The zero-order valence-corrected chi connectivity index (χ0v) is 25.5. The van der Waals surface area contributed by atoms with E-state index in [4.69, 9.17) is 0 Å². The fourth-order valence-corrected chi connectivity index (χ4v) is 8.21. The van der Waals surface area contributed by atoms with Crippen LogP contribution >= 0.6 is 0 Å². The summed E-state index contributed by atoms with van der Waals surface area (Å²) >= 11 is 0. The van der Waals surface area contributed by atoms with E-state index in [9.17, 15) is 0 Å². The number of aromatic nitrogens is 3. The topological polar surface area (TPSA) is 14.8 Å². The minimum atomic E-state index is 0.0691. The molecule has 0 aliphatic heterocycles. The smallest absolute Gasteiger partial charge is 0.0626 e. The van der Waals surface area contributed by atoms with E-state index in [2.05, 4.69) is 178 Å². The molecule has 0 fully saturated rings. The van der Waals surface area contributed by atoms with E-state index >= 15 is 0 Å². The van der Waals surface area contributed by atoms with Gasteiger partial charge in [0.15, 0.2) is 0 Å². The predicted octanol–water partition coefficient (Wildman–Crippen LogP) is 11.3. The van der Waals surface area contributed by atoms with Gasteiger partial charge in [0.25, 0.3) is 0 Å². The summed E-state index contributed by atoms with van der Waals surface area (Å²) in [5.74, 6) is 0.176. The van der Waals surface area contributed by atoms with Gasteiger partial charge in [0.2, 0.25) is 0 Å². The summed E-state index contributed by atoms with van der Waals surface area (Å²) in [6, 6.07) is 53.2. The summed E-state index contributed by atoms with van der Waals surface area (Å²) in [6.45, 7) is 2.41. The maximum absolute atomic E-state index is 2.59. The Hall–Kier alpha value is -5.80. The van der Waals surface area contributed by atoms with Crippen molar-refractivity contribution < 1.29 is 0 Å². The second kappa shape index (κ2) is 9.60. The second-order valence-electron chi connectivity index (χ2n) is 12.6. The van der Waals surface area contributed by atoms with Crippen LogP contribution in [0.1, 0.15) is 13.0 Å².